The Morgan fingerprint density at radius 1 is 1.33 bits per heavy atom. The highest BCUT2D eigenvalue weighted by Gasteiger charge is 2.54. The molecule has 2 aromatic rings. The Labute approximate surface area is 124 Å². The number of benzene rings is 1. The summed E-state index contributed by atoms with van der Waals surface area (Å²) in [6.45, 7) is 2.01. The molecule has 0 amide bonds. The average Bonchev–Trinajstić information content (AvgIpc) is 2.81. The predicted octanol–water partition coefficient (Wildman–Crippen LogP) is 4.04. The summed E-state index contributed by atoms with van der Waals surface area (Å²) in [5, 5.41) is 19.3. The molecular formula is C14H12ClF3N2O. The Kier molecular flexibility index (Phi) is 3.68. The lowest BCUT2D eigenvalue weighted by Crippen LogP contribution is -2.48. The molecule has 0 saturated heterocycles. The molecule has 0 aliphatic heterocycles. The van der Waals surface area contributed by atoms with Crippen LogP contribution in [0.3, 0.4) is 0 Å². The van der Waals surface area contributed by atoms with E-state index in [-0.39, 0.29) is 10.6 Å². The summed E-state index contributed by atoms with van der Waals surface area (Å²) in [4.78, 5) is 0. The van der Waals surface area contributed by atoms with E-state index in [9.17, 15) is 18.3 Å². The lowest BCUT2D eigenvalue weighted by Gasteiger charge is -2.33. The van der Waals surface area contributed by atoms with Gasteiger partial charge in [-0.25, -0.2) is 0 Å². The zero-order chi connectivity index (χ0) is 16.0. The Balaban J connectivity index is 2.60. The second kappa shape index (κ2) is 4.93. The van der Waals surface area contributed by atoms with Gasteiger partial charge < -0.3 is 9.67 Å². The summed E-state index contributed by atoms with van der Waals surface area (Å²) in [7, 11) is 0. The van der Waals surface area contributed by atoms with E-state index >= 15 is 0 Å². The number of nitriles is 1. The standard InChI is InChI=1S/C14H12ClF3N2O/c1-8(13(2,21)14(16,17)18)20-6-5-10-11(20)4-3-9(7-19)12(10)15/h3-6,8,21H,1-2H3/t8-,13?/m1/s1. The van der Waals surface area contributed by atoms with Crippen LogP contribution in [0.1, 0.15) is 25.5 Å². The number of halogens is 4. The van der Waals surface area contributed by atoms with E-state index in [1.165, 1.54) is 35.9 Å². The van der Waals surface area contributed by atoms with E-state index in [1.807, 2.05) is 6.07 Å². The first-order valence-electron chi connectivity index (χ1n) is 6.09. The predicted molar refractivity (Wildman–Crippen MR) is 73.1 cm³/mol. The third-order valence-electron chi connectivity index (χ3n) is 3.76. The lowest BCUT2D eigenvalue weighted by atomic mass is 9.97. The summed E-state index contributed by atoms with van der Waals surface area (Å²) < 4.78 is 40.1. The van der Waals surface area contributed by atoms with E-state index < -0.39 is 17.8 Å². The molecule has 0 saturated carbocycles. The molecule has 3 nitrogen and oxygen atoms in total. The first-order valence-corrected chi connectivity index (χ1v) is 6.47. The van der Waals surface area contributed by atoms with Crippen LogP contribution in [0.15, 0.2) is 24.4 Å². The maximum Gasteiger partial charge on any atom is 0.418 e. The first kappa shape index (κ1) is 15.7. The van der Waals surface area contributed by atoms with E-state index in [4.69, 9.17) is 16.9 Å². The molecule has 1 unspecified atom stereocenters. The minimum absolute atomic E-state index is 0.188. The number of aromatic nitrogens is 1. The second-order valence-electron chi connectivity index (χ2n) is 5.02. The smallest absolute Gasteiger partial charge is 0.379 e. The molecule has 7 heteroatoms. The minimum Gasteiger partial charge on any atom is -0.379 e. The second-order valence-corrected chi connectivity index (χ2v) is 5.39. The van der Waals surface area contributed by atoms with Gasteiger partial charge >= 0.3 is 6.18 Å². The van der Waals surface area contributed by atoms with Gasteiger partial charge in [0.25, 0.3) is 0 Å². The van der Waals surface area contributed by atoms with Crippen molar-refractivity contribution in [2.24, 2.45) is 0 Å². The monoisotopic (exact) mass is 316 g/mol. The van der Waals surface area contributed by atoms with E-state index in [2.05, 4.69) is 0 Å². The Bertz CT molecular complexity index is 728. The summed E-state index contributed by atoms with van der Waals surface area (Å²) >= 11 is 6.04. The van der Waals surface area contributed by atoms with Gasteiger partial charge in [-0.3, -0.25) is 0 Å². The van der Waals surface area contributed by atoms with Gasteiger partial charge in [-0.2, -0.15) is 18.4 Å². The number of nitrogens with zero attached hydrogens (tertiary/aromatic N) is 2. The molecule has 1 N–H and O–H groups in total. The number of aliphatic hydroxyl groups is 1. The third kappa shape index (κ3) is 2.37. The molecule has 0 aliphatic rings. The van der Waals surface area contributed by atoms with Crippen LogP contribution in [0, 0.1) is 11.3 Å². The molecule has 1 heterocycles. The summed E-state index contributed by atoms with van der Waals surface area (Å²) in [5.41, 5.74) is -2.22. The Morgan fingerprint density at radius 3 is 2.48 bits per heavy atom. The zero-order valence-electron chi connectivity index (χ0n) is 11.2. The average molecular weight is 317 g/mol. The minimum atomic E-state index is -4.76. The molecule has 0 radical (unpaired) electrons. The highest BCUT2D eigenvalue weighted by atomic mass is 35.5. The van der Waals surface area contributed by atoms with Crippen LogP contribution in [0.5, 0.6) is 0 Å². The fourth-order valence-electron chi connectivity index (χ4n) is 2.13. The van der Waals surface area contributed by atoms with Crippen LogP contribution < -0.4 is 0 Å². The molecule has 2 atom stereocenters. The molecule has 0 bridgehead atoms. The Morgan fingerprint density at radius 2 is 1.95 bits per heavy atom. The third-order valence-corrected chi connectivity index (χ3v) is 4.17. The number of hydrogen-bond donors (Lipinski definition) is 1. The van der Waals surface area contributed by atoms with Crippen LogP contribution in [-0.2, 0) is 0 Å². The van der Waals surface area contributed by atoms with Crippen molar-refractivity contribution in [3.8, 4) is 6.07 Å². The maximum atomic E-state index is 12.9. The fraction of sp³-hybridized carbons (Fsp3) is 0.357. The van der Waals surface area contributed by atoms with Gasteiger partial charge in [0.2, 0.25) is 0 Å². The van der Waals surface area contributed by atoms with Gasteiger partial charge in [-0.05, 0) is 32.0 Å². The quantitative estimate of drug-likeness (QED) is 0.909. The van der Waals surface area contributed by atoms with Crippen molar-refractivity contribution in [3.63, 3.8) is 0 Å². The summed E-state index contributed by atoms with van der Waals surface area (Å²) in [6, 6.07) is 5.15. The van der Waals surface area contributed by atoms with Crippen molar-refractivity contribution in [3.05, 3.63) is 35.0 Å². The molecule has 0 aliphatic carbocycles. The maximum absolute atomic E-state index is 12.9. The number of alkyl halides is 3. The SMILES string of the molecule is C[C@@H](n1ccc2c(Cl)c(C#N)ccc21)C(C)(O)C(F)(F)F. The van der Waals surface area contributed by atoms with Crippen molar-refractivity contribution in [1.29, 1.82) is 5.26 Å². The van der Waals surface area contributed by atoms with Gasteiger partial charge in [0.1, 0.15) is 6.07 Å². The molecule has 21 heavy (non-hydrogen) atoms. The number of rotatable bonds is 2. The first-order chi connectivity index (χ1) is 9.61. The van der Waals surface area contributed by atoms with Crippen molar-refractivity contribution >= 4 is 22.5 Å². The van der Waals surface area contributed by atoms with Crippen LogP contribution in [0.2, 0.25) is 5.02 Å². The molecule has 0 spiro atoms. The topological polar surface area (TPSA) is 49.0 Å². The fourth-order valence-corrected chi connectivity index (χ4v) is 2.40. The van der Waals surface area contributed by atoms with Gasteiger partial charge in [0.05, 0.1) is 16.6 Å². The Hall–Kier alpha value is -1.71. The number of hydrogen-bond acceptors (Lipinski definition) is 2. The van der Waals surface area contributed by atoms with E-state index in [0.717, 1.165) is 6.92 Å². The summed E-state index contributed by atoms with van der Waals surface area (Å²) in [5.74, 6) is 0. The van der Waals surface area contributed by atoms with Gasteiger partial charge in [0, 0.05) is 17.1 Å². The lowest BCUT2D eigenvalue weighted by molar-refractivity contribution is -0.266. The molecule has 1 aromatic heterocycles. The van der Waals surface area contributed by atoms with Crippen LogP contribution >= 0.6 is 11.6 Å². The van der Waals surface area contributed by atoms with E-state index in [0.29, 0.717) is 10.9 Å². The van der Waals surface area contributed by atoms with Crippen molar-refractivity contribution in [2.45, 2.75) is 31.7 Å². The van der Waals surface area contributed by atoms with Crippen molar-refractivity contribution in [2.75, 3.05) is 0 Å². The highest BCUT2D eigenvalue weighted by Crippen LogP contribution is 2.40. The van der Waals surface area contributed by atoms with E-state index in [1.54, 1.807) is 0 Å². The van der Waals surface area contributed by atoms with Gasteiger partial charge in [0.15, 0.2) is 5.60 Å². The largest absolute Gasteiger partial charge is 0.418 e. The van der Waals surface area contributed by atoms with Crippen molar-refractivity contribution < 1.29 is 18.3 Å². The molecule has 0 fully saturated rings. The van der Waals surface area contributed by atoms with Crippen LogP contribution in [0.25, 0.3) is 10.9 Å². The molecule has 112 valence electrons. The van der Waals surface area contributed by atoms with Crippen molar-refractivity contribution in [1.82, 2.24) is 4.57 Å². The van der Waals surface area contributed by atoms with Gasteiger partial charge in [-0.15, -0.1) is 0 Å². The highest BCUT2D eigenvalue weighted by molar-refractivity contribution is 6.36. The molecule has 2 rings (SSSR count). The van der Waals surface area contributed by atoms with Crippen LogP contribution in [-0.4, -0.2) is 21.5 Å². The summed E-state index contributed by atoms with van der Waals surface area (Å²) in [6.07, 6.45) is -3.35. The normalized spacial score (nSPS) is 16.5. The van der Waals surface area contributed by atoms with Crippen LogP contribution in [0.4, 0.5) is 13.2 Å². The molecule has 1 aromatic carbocycles. The number of fused-ring (bicyclic) bond motifs is 1. The van der Waals surface area contributed by atoms with Gasteiger partial charge in [-0.1, -0.05) is 11.6 Å². The zero-order valence-corrected chi connectivity index (χ0v) is 12.0. The molecular weight excluding hydrogens is 305 g/mol.